The van der Waals surface area contributed by atoms with Crippen molar-refractivity contribution in [2.24, 2.45) is 4.99 Å². The molecule has 3 rings (SSSR count). The molecule has 3 aliphatic rings. The maximum atomic E-state index is 12.1. The van der Waals surface area contributed by atoms with Crippen LogP contribution in [0.4, 0.5) is 0 Å². The Morgan fingerprint density at radius 2 is 2.14 bits per heavy atom. The summed E-state index contributed by atoms with van der Waals surface area (Å²) < 4.78 is 5.99. The number of aliphatic hydroxyl groups excluding tert-OH is 3. The van der Waals surface area contributed by atoms with E-state index in [1.165, 1.54) is 0 Å². The number of aliphatic hydroxyl groups is 3. The van der Waals surface area contributed by atoms with E-state index in [0.29, 0.717) is 10.2 Å². The van der Waals surface area contributed by atoms with Crippen LogP contribution in [0.3, 0.4) is 0 Å². The number of likely N-dealkylation sites (N-methyl/N-ethyl adjacent to an activating group) is 1. The third-order valence-electron chi connectivity index (χ3n) is 4.00. The van der Waals surface area contributed by atoms with Crippen LogP contribution in [-0.4, -0.2) is 81.9 Å². The van der Waals surface area contributed by atoms with Crippen LogP contribution >= 0.6 is 15.9 Å². The first-order chi connectivity index (χ1) is 10.4. The molecule has 0 bridgehead atoms. The Bertz CT molecular complexity index is 606. The number of hydrogen-bond donors (Lipinski definition) is 5. The van der Waals surface area contributed by atoms with E-state index in [1.807, 2.05) is 0 Å². The van der Waals surface area contributed by atoms with E-state index in [-0.39, 0.29) is 11.7 Å². The van der Waals surface area contributed by atoms with Gasteiger partial charge in [0.15, 0.2) is 6.04 Å². The zero-order valence-electron chi connectivity index (χ0n) is 11.5. The van der Waals surface area contributed by atoms with Gasteiger partial charge in [0.05, 0.1) is 16.9 Å². The third kappa shape index (κ3) is 2.10. The van der Waals surface area contributed by atoms with Gasteiger partial charge in [-0.3, -0.25) is 15.5 Å². The lowest BCUT2D eigenvalue weighted by Crippen LogP contribution is -2.51. The molecule has 0 aliphatic carbocycles. The van der Waals surface area contributed by atoms with E-state index in [2.05, 4.69) is 26.2 Å². The van der Waals surface area contributed by atoms with Gasteiger partial charge in [0.25, 0.3) is 5.91 Å². The van der Waals surface area contributed by atoms with Crippen LogP contribution in [0.1, 0.15) is 0 Å². The summed E-state index contributed by atoms with van der Waals surface area (Å²) in [7, 11) is 1.66. The van der Waals surface area contributed by atoms with Gasteiger partial charge in [-0.2, -0.15) is 0 Å². The van der Waals surface area contributed by atoms with E-state index in [0.717, 1.165) is 0 Å². The monoisotopic (exact) mass is 374 g/mol. The molecule has 0 aromatic carbocycles. The Kier molecular flexibility index (Phi) is 3.81. The Morgan fingerprint density at radius 1 is 1.45 bits per heavy atom. The Balaban J connectivity index is 2.02. The fraction of sp³-hybridized carbons (Fsp3) is 0.583. The van der Waals surface area contributed by atoms with Crippen molar-refractivity contribution < 1.29 is 24.9 Å². The van der Waals surface area contributed by atoms with Crippen LogP contribution in [-0.2, 0) is 9.53 Å². The topological polar surface area (TPSA) is 138 Å². The fourth-order valence-electron chi connectivity index (χ4n) is 2.90. The lowest BCUT2D eigenvalue weighted by molar-refractivity contribution is -0.121. The molecule has 0 radical (unpaired) electrons. The first kappa shape index (κ1) is 15.6. The number of rotatable bonds is 2. The number of hydrogen-bond acceptors (Lipinski definition) is 7. The molecule has 22 heavy (non-hydrogen) atoms. The highest BCUT2D eigenvalue weighted by molar-refractivity contribution is 9.11. The SMILES string of the molecule is CN1C(Br)=C([C@@H]2O[C@H](CO)[C@@H](O)[C@H]2O)C2=NC(=N)NC(=O)C21. The van der Waals surface area contributed by atoms with Crippen molar-refractivity contribution in [3.8, 4) is 0 Å². The molecule has 1 amide bonds. The Hall–Kier alpha value is -1.33. The number of ether oxygens (including phenoxy) is 1. The molecule has 0 saturated carbocycles. The summed E-state index contributed by atoms with van der Waals surface area (Å²) in [6.45, 7) is -0.443. The highest BCUT2D eigenvalue weighted by Gasteiger charge is 2.51. The zero-order chi connectivity index (χ0) is 16.2. The Morgan fingerprint density at radius 3 is 2.73 bits per heavy atom. The minimum absolute atomic E-state index is 0.290. The van der Waals surface area contributed by atoms with Gasteiger partial charge in [-0.15, -0.1) is 0 Å². The van der Waals surface area contributed by atoms with Gasteiger partial charge < -0.3 is 25.0 Å². The number of guanidine groups is 1. The van der Waals surface area contributed by atoms with Gasteiger partial charge in [-0.05, 0) is 15.9 Å². The Labute approximate surface area is 133 Å². The van der Waals surface area contributed by atoms with Gasteiger partial charge in [0.1, 0.15) is 24.4 Å². The largest absolute Gasteiger partial charge is 0.394 e. The second-order valence-electron chi connectivity index (χ2n) is 5.31. The highest BCUT2D eigenvalue weighted by atomic mass is 79.9. The summed E-state index contributed by atoms with van der Waals surface area (Å²) >= 11 is 3.35. The standard InChI is InChI=1S/C12H15BrN4O5/c1-17-6-5(15-12(14)16-11(6)21)4(10(17)13)9-8(20)7(19)3(2-18)22-9/h3,6-9,18-20H,2H2,1H3,(H2,14,16,21)/t3-,6?,7-,8-,9+/m1/s1. The quantitative estimate of drug-likeness (QED) is 0.351. The smallest absolute Gasteiger partial charge is 0.255 e. The van der Waals surface area contributed by atoms with Crippen LogP contribution in [0.5, 0.6) is 0 Å². The molecule has 120 valence electrons. The van der Waals surface area contributed by atoms with Gasteiger partial charge in [0.2, 0.25) is 5.96 Å². The van der Waals surface area contributed by atoms with E-state index >= 15 is 0 Å². The van der Waals surface area contributed by atoms with Crippen LogP contribution in [0, 0.1) is 5.41 Å². The molecule has 3 aliphatic heterocycles. The molecule has 1 saturated heterocycles. The van der Waals surface area contributed by atoms with Crippen LogP contribution < -0.4 is 5.32 Å². The molecule has 9 nitrogen and oxygen atoms in total. The van der Waals surface area contributed by atoms with E-state index in [9.17, 15) is 20.1 Å². The lowest BCUT2D eigenvalue weighted by Gasteiger charge is -2.25. The summed E-state index contributed by atoms with van der Waals surface area (Å²) in [6, 6.07) is -0.736. The molecule has 1 fully saturated rings. The minimum Gasteiger partial charge on any atom is -0.394 e. The molecule has 3 heterocycles. The number of fused-ring (bicyclic) bond motifs is 1. The van der Waals surface area contributed by atoms with Crippen molar-refractivity contribution in [1.82, 2.24) is 10.2 Å². The molecule has 0 aromatic rings. The summed E-state index contributed by atoms with van der Waals surface area (Å²) in [5.41, 5.74) is 0.688. The van der Waals surface area contributed by atoms with E-state index < -0.39 is 43.0 Å². The molecule has 10 heteroatoms. The molecule has 5 N–H and O–H groups in total. The normalized spacial score (nSPS) is 38.3. The van der Waals surface area contributed by atoms with Gasteiger partial charge in [-0.1, -0.05) is 0 Å². The summed E-state index contributed by atoms with van der Waals surface area (Å²) in [5.74, 6) is -0.702. The molecule has 5 atom stereocenters. The van der Waals surface area contributed by atoms with E-state index in [4.69, 9.17) is 10.1 Å². The average molecular weight is 375 g/mol. The fourth-order valence-corrected chi connectivity index (χ4v) is 3.53. The van der Waals surface area contributed by atoms with Crippen molar-refractivity contribution in [2.45, 2.75) is 30.5 Å². The van der Waals surface area contributed by atoms with Gasteiger partial charge >= 0.3 is 0 Å². The van der Waals surface area contributed by atoms with Crippen LogP contribution in [0.25, 0.3) is 0 Å². The predicted octanol–water partition coefficient (Wildman–Crippen LogP) is -2.11. The van der Waals surface area contributed by atoms with Crippen molar-refractivity contribution in [3.63, 3.8) is 0 Å². The van der Waals surface area contributed by atoms with Crippen molar-refractivity contribution in [2.75, 3.05) is 13.7 Å². The van der Waals surface area contributed by atoms with Crippen molar-refractivity contribution >= 4 is 33.5 Å². The molecule has 1 unspecified atom stereocenters. The number of halogens is 1. The number of carbonyl (C=O) groups excluding carboxylic acids is 1. The molecular weight excluding hydrogens is 360 g/mol. The lowest BCUT2D eigenvalue weighted by atomic mass is 9.96. The van der Waals surface area contributed by atoms with Crippen LogP contribution in [0.15, 0.2) is 15.2 Å². The number of amides is 1. The van der Waals surface area contributed by atoms with Gasteiger partial charge in [0, 0.05) is 12.6 Å². The minimum atomic E-state index is -1.27. The first-order valence-electron chi connectivity index (χ1n) is 6.60. The second-order valence-corrected chi connectivity index (χ2v) is 6.06. The first-order valence-corrected chi connectivity index (χ1v) is 7.39. The maximum Gasteiger partial charge on any atom is 0.255 e. The average Bonchev–Trinajstić information content (AvgIpc) is 2.87. The summed E-state index contributed by atoms with van der Waals surface area (Å²) in [4.78, 5) is 17.7. The number of nitrogens with one attached hydrogen (secondary N) is 2. The number of carbonyl (C=O) groups is 1. The third-order valence-corrected chi connectivity index (χ3v) is 4.99. The summed E-state index contributed by atoms with van der Waals surface area (Å²) in [6.07, 6.45) is -4.39. The zero-order valence-corrected chi connectivity index (χ0v) is 13.1. The van der Waals surface area contributed by atoms with Crippen molar-refractivity contribution in [1.29, 1.82) is 5.41 Å². The van der Waals surface area contributed by atoms with Crippen LogP contribution in [0.2, 0.25) is 0 Å². The highest BCUT2D eigenvalue weighted by Crippen LogP contribution is 2.38. The molecule has 0 aromatic heterocycles. The number of aliphatic imine (C=N–C) groups is 1. The molecular formula is C12H15BrN4O5. The summed E-state index contributed by atoms with van der Waals surface area (Å²) in [5, 5.41) is 39.1. The van der Waals surface area contributed by atoms with Gasteiger partial charge in [-0.25, -0.2) is 4.99 Å². The van der Waals surface area contributed by atoms with E-state index in [1.54, 1.807) is 11.9 Å². The maximum absolute atomic E-state index is 12.1. The predicted molar refractivity (Wildman–Crippen MR) is 78.6 cm³/mol. The molecule has 0 spiro atoms. The number of nitrogens with zero attached hydrogens (tertiary/aromatic N) is 2. The van der Waals surface area contributed by atoms with Crippen molar-refractivity contribution in [3.05, 3.63) is 10.2 Å². The second kappa shape index (κ2) is 5.39.